The molecule has 0 saturated carbocycles. The summed E-state index contributed by atoms with van der Waals surface area (Å²) < 4.78 is 19.7. The van der Waals surface area contributed by atoms with Crippen molar-refractivity contribution >= 4 is 27.5 Å². The van der Waals surface area contributed by atoms with Gasteiger partial charge < -0.3 is 10.3 Å². The van der Waals surface area contributed by atoms with Gasteiger partial charge in [0.25, 0.3) is 0 Å². The topological polar surface area (TPSA) is 63.3 Å². The number of rotatable bonds is 1. The minimum atomic E-state index is -1.95. The molecule has 0 aliphatic heterocycles. The molecule has 14 heavy (non-hydrogen) atoms. The van der Waals surface area contributed by atoms with E-state index in [1.165, 1.54) is 0 Å². The van der Waals surface area contributed by atoms with Gasteiger partial charge in [-0.3, -0.25) is 0 Å². The maximum absolute atomic E-state index is 10.8. The lowest BCUT2D eigenvalue weighted by molar-refractivity contribution is 0.564. The van der Waals surface area contributed by atoms with Crippen molar-refractivity contribution in [3.05, 3.63) is 36.4 Å². The van der Waals surface area contributed by atoms with Gasteiger partial charge in [0, 0.05) is 11.1 Å². The Bertz CT molecular complexity index is 510. The molecule has 3 nitrogen and oxygen atoms in total. The van der Waals surface area contributed by atoms with Crippen molar-refractivity contribution in [3.63, 3.8) is 0 Å². The molecule has 0 fully saturated rings. The van der Waals surface area contributed by atoms with Gasteiger partial charge >= 0.3 is 0 Å². The first-order valence-electron chi connectivity index (χ1n) is 4.07. The van der Waals surface area contributed by atoms with Crippen molar-refractivity contribution < 1.29 is 8.76 Å². The van der Waals surface area contributed by atoms with Crippen LogP contribution in [-0.4, -0.2) is 8.76 Å². The van der Waals surface area contributed by atoms with Crippen LogP contribution < -0.4 is 5.73 Å². The molecule has 0 aliphatic rings. The molecule has 0 aliphatic carbocycles. The fourth-order valence-electron chi connectivity index (χ4n) is 1.38. The van der Waals surface area contributed by atoms with Crippen molar-refractivity contribution in [1.82, 2.24) is 0 Å². The Kier molecular flexibility index (Phi) is 2.23. The zero-order valence-electron chi connectivity index (χ0n) is 7.31. The van der Waals surface area contributed by atoms with Gasteiger partial charge in [0.2, 0.25) is 0 Å². The second-order valence-corrected chi connectivity index (χ2v) is 3.95. The van der Waals surface area contributed by atoms with E-state index in [1.54, 1.807) is 24.3 Å². The molecule has 72 valence electrons. The summed E-state index contributed by atoms with van der Waals surface area (Å²) in [5.74, 6) is 0. The highest BCUT2D eigenvalue weighted by molar-refractivity contribution is 7.79. The predicted octanol–water partition coefficient (Wildman–Crippen LogP) is 2.00. The van der Waals surface area contributed by atoms with Gasteiger partial charge in [0.15, 0.2) is 11.1 Å². The van der Waals surface area contributed by atoms with E-state index in [4.69, 9.17) is 10.3 Å². The predicted molar refractivity (Wildman–Crippen MR) is 57.4 cm³/mol. The third-order valence-corrected chi connectivity index (χ3v) is 2.75. The molecule has 0 heterocycles. The first-order chi connectivity index (χ1) is 6.68. The van der Waals surface area contributed by atoms with E-state index in [-0.39, 0.29) is 0 Å². The van der Waals surface area contributed by atoms with Gasteiger partial charge in [-0.2, -0.15) is 0 Å². The molecule has 3 N–H and O–H groups in total. The summed E-state index contributed by atoms with van der Waals surface area (Å²) in [6, 6.07) is 10.6. The molecule has 0 amide bonds. The normalized spacial score (nSPS) is 12.9. The lowest BCUT2D eigenvalue weighted by atomic mass is 10.1. The van der Waals surface area contributed by atoms with E-state index in [2.05, 4.69) is 0 Å². The summed E-state index contributed by atoms with van der Waals surface area (Å²) in [4.78, 5) is 0.371. The maximum atomic E-state index is 10.8. The van der Waals surface area contributed by atoms with Gasteiger partial charge in [-0.1, -0.05) is 18.2 Å². The molecule has 0 spiro atoms. The quantitative estimate of drug-likeness (QED) is 0.555. The molecule has 0 aromatic heterocycles. The van der Waals surface area contributed by atoms with Crippen LogP contribution in [0.15, 0.2) is 41.3 Å². The highest BCUT2D eigenvalue weighted by Gasteiger charge is 2.02. The highest BCUT2D eigenvalue weighted by atomic mass is 32.2. The number of nitrogens with two attached hydrogens (primary N) is 1. The maximum Gasteiger partial charge on any atom is 0.186 e. The van der Waals surface area contributed by atoms with Gasteiger partial charge in [-0.15, -0.1) is 0 Å². The van der Waals surface area contributed by atoms with Gasteiger partial charge in [-0.25, -0.2) is 4.21 Å². The molecule has 2 aromatic rings. The van der Waals surface area contributed by atoms with Crippen LogP contribution in [0.1, 0.15) is 0 Å². The number of hydrogen-bond donors (Lipinski definition) is 2. The van der Waals surface area contributed by atoms with E-state index >= 15 is 0 Å². The Morgan fingerprint density at radius 3 is 2.71 bits per heavy atom. The molecular formula is C10H9NO2S. The minimum Gasteiger partial charge on any atom is -0.398 e. The monoisotopic (exact) mass is 207 g/mol. The van der Waals surface area contributed by atoms with E-state index in [1.807, 2.05) is 12.1 Å². The average molecular weight is 207 g/mol. The summed E-state index contributed by atoms with van der Waals surface area (Å²) in [6.07, 6.45) is 0. The first-order valence-corrected chi connectivity index (χ1v) is 5.18. The second kappa shape index (κ2) is 3.40. The Labute approximate surface area is 83.8 Å². The highest BCUT2D eigenvalue weighted by Crippen LogP contribution is 2.22. The van der Waals surface area contributed by atoms with E-state index < -0.39 is 11.1 Å². The molecule has 0 saturated heterocycles. The number of fused-ring (bicyclic) bond motifs is 1. The Hall–Kier alpha value is -1.39. The number of nitrogen functional groups attached to an aromatic ring is 1. The zero-order valence-corrected chi connectivity index (χ0v) is 8.12. The fourth-order valence-corrected chi connectivity index (χ4v) is 1.79. The van der Waals surface area contributed by atoms with E-state index in [0.717, 1.165) is 10.8 Å². The molecule has 0 bridgehead atoms. The van der Waals surface area contributed by atoms with Crippen LogP contribution in [0.25, 0.3) is 10.8 Å². The van der Waals surface area contributed by atoms with Crippen LogP contribution in [0.2, 0.25) is 0 Å². The van der Waals surface area contributed by atoms with E-state index in [9.17, 15) is 4.21 Å². The average Bonchev–Trinajstić information content (AvgIpc) is 2.18. The van der Waals surface area contributed by atoms with Gasteiger partial charge in [0.05, 0.1) is 4.90 Å². The van der Waals surface area contributed by atoms with Gasteiger partial charge in [0.1, 0.15) is 0 Å². The standard InChI is InChI=1S/C10H9NO2S/c11-10-3-1-2-7-4-5-8(14(12)13)6-9(7)10/h1-6H,11H2,(H,12,13). The summed E-state index contributed by atoms with van der Waals surface area (Å²) in [5, 5.41) is 1.78. The number of benzene rings is 2. The summed E-state index contributed by atoms with van der Waals surface area (Å²) >= 11 is -1.95. The summed E-state index contributed by atoms with van der Waals surface area (Å²) in [5.41, 5.74) is 6.36. The molecule has 2 aromatic carbocycles. The van der Waals surface area contributed by atoms with Crippen molar-refractivity contribution in [2.45, 2.75) is 4.90 Å². The van der Waals surface area contributed by atoms with Crippen molar-refractivity contribution in [2.24, 2.45) is 0 Å². The molecule has 1 unspecified atom stereocenters. The van der Waals surface area contributed by atoms with Crippen molar-refractivity contribution in [2.75, 3.05) is 5.73 Å². The van der Waals surface area contributed by atoms with E-state index in [0.29, 0.717) is 10.6 Å². The smallest absolute Gasteiger partial charge is 0.186 e. The van der Waals surface area contributed by atoms with Crippen molar-refractivity contribution in [1.29, 1.82) is 0 Å². The summed E-state index contributed by atoms with van der Waals surface area (Å²) in [7, 11) is 0. The molecule has 2 rings (SSSR count). The lowest BCUT2D eigenvalue weighted by Gasteiger charge is -2.02. The van der Waals surface area contributed by atoms with Crippen LogP contribution >= 0.6 is 0 Å². The SMILES string of the molecule is Nc1cccc2ccc(S(=O)O)cc12. The molecule has 4 heteroatoms. The minimum absolute atomic E-state index is 0.371. The van der Waals surface area contributed by atoms with Crippen LogP contribution in [0.5, 0.6) is 0 Å². The lowest BCUT2D eigenvalue weighted by Crippen LogP contribution is -1.90. The molecule has 1 atom stereocenters. The fraction of sp³-hybridized carbons (Fsp3) is 0. The summed E-state index contributed by atoms with van der Waals surface area (Å²) in [6.45, 7) is 0. The largest absolute Gasteiger partial charge is 0.398 e. The van der Waals surface area contributed by atoms with Crippen LogP contribution in [0.4, 0.5) is 5.69 Å². The van der Waals surface area contributed by atoms with Crippen LogP contribution in [0, 0.1) is 0 Å². The van der Waals surface area contributed by atoms with Gasteiger partial charge in [-0.05, 0) is 23.6 Å². The third-order valence-electron chi connectivity index (χ3n) is 2.09. The molecular weight excluding hydrogens is 198 g/mol. The Morgan fingerprint density at radius 2 is 2.00 bits per heavy atom. The Balaban J connectivity index is 2.76. The van der Waals surface area contributed by atoms with Crippen LogP contribution in [-0.2, 0) is 11.1 Å². The molecule has 0 radical (unpaired) electrons. The number of anilines is 1. The number of hydrogen-bond acceptors (Lipinski definition) is 2. The van der Waals surface area contributed by atoms with Crippen LogP contribution in [0.3, 0.4) is 0 Å². The third kappa shape index (κ3) is 1.49. The first kappa shape index (κ1) is 9.18. The van der Waals surface area contributed by atoms with Crippen molar-refractivity contribution in [3.8, 4) is 0 Å². The Morgan fingerprint density at radius 1 is 1.21 bits per heavy atom. The second-order valence-electron chi connectivity index (χ2n) is 2.98. The zero-order chi connectivity index (χ0) is 10.1.